The molecule has 3 atom stereocenters. The predicted octanol–water partition coefficient (Wildman–Crippen LogP) is 3.77. The number of rotatable bonds is 5. The molecule has 1 unspecified atom stereocenters. The molecule has 2 aliphatic rings. The molecule has 5 rings (SSSR count). The molecule has 1 aromatic heterocycles. The van der Waals surface area contributed by atoms with Crippen molar-refractivity contribution in [1.29, 1.82) is 0 Å². The molecule has 1 saturated heterocycles. The van der Waals surface area contributed by atoms with Crippen molar-refractivity contribution in [2.45, 2.75) is 24.5 Å². The number of H-pyrrole nitrogens is 1. The minimum atomic E-state index is -3.24. The van der Waals surface area contributed by atoms with Crippen molar-refractivity contribution in [1.82, 2.24) is 20.3 Å². The molecule has 1 N–H and O–H groups in total. The first-order valence-corrected chi connectivity index (χ1v) is 13.0. The second-order valence-corrected chi connectivity index (χ2v) is 12.0. The van der Waals surface area contributed by atoms with Gasteiger partial charge < -0.3 is 4.90 Å². The smallest absolute Gasteiger partial charge is 0.253 e. The fourth-order valence-electron chi connectivity index (χ4n) is 5.04. The summed E-state index contributed by atoms with van der Waals surface area (Å²) < 4.78 is 26.0. The summed E-state index contributed by atoms with van der Waals surface area (Å²) in [5.74, 6) is 0.473. The SMILES string of the molecule is O=C(c1ccc2n[nH]nc2c1)N1C[C@H]2CC(S(=O)(=O)CCc3cc(Cl)cc(Cl)c3)C[C@H]2C1. The van der Waals surface area contributed by atoms with Crippen molar-refractivity contribution >= 4 is 50.0 Å². The maximum absolute atomic E-state index is 13.0. The normalized spacial score (nSPS) is 23.1. The Hall–Kier alpha value is -2.16. The number of fused-ring (bicyclic) bond motifs is 2. The topological polar surface area (TPSA) is 96.0 Å². The van der Waals surface area contributed by atoms with Crippen molar-refractivity contribution in [2.24, 2.45) is 11.8 Å². The van der Waals surface area contributed by atoms with Gasteiger partial charge in [-0.05, 0) is 73.1 Å². The van der Waals surface area contributed by atoms with Gasteiger partial charge in [-0.3, -0.25) is 4.79 Å². The van der Waals surface area contributed by atoms with Gasteiger partial charge in [0.2, 0.25) is 0 Å². The molecule has 168 valence electrons. The van der Waals surface area contributed by atoms with E-state index < -0.39 is 9.84 Å². The molecule has 32 heavy (non-hydrogen) atoms. The summed E-state index contributed by atoms with van der Waals surface area (Å²) in [7, 11) is -3.24. The summed E-state index contributed by atoms with van der Waals surface area (Å²) in [4.78, 5) is 14.8. The van der Waals surface area contributed by atoms with Crippen LogP contribution in [0.2, 0.25) is 10.0 Å². The number of aromatic amines is 1. The lowest BCUT2D eigenvalue weighted by molar-refractivity contribution is 0.0781. The lowest BCUT2D eigenvalue weighted by Crippen LogP contribution is -2.31. The summed E-state index contributed by atoms with van der Waals surface area (Å²) >= 11 is 12.0. The van der Waals surface area contributed by atoms with Gasteiger partial charge in [0.1, 0.15) is 11.0 Å². The van der Waals surface area contributed by atoms with Crippen LogP contribution in [0.4, 0.5) is 0 Å². The van der Waals surface area contributed by atoms with Crippen LogP contribution in [0.25, 0.3) is 11.0 Å². The Morgan fingerprint density at radius 1 is 1.00 bits per heavy atom. The molecule has 0 bridgehead atoms. The Bertz CT molecular complexity index is 1260. The lowest BCUT2D eigenvalue weighted by Gasteiger charge is -2.19. The van der Waals surface area contributed by atoms with Gasteiger partial charge in [0, 0.05) is 28.7 Å². The maximum atomic E-state index is 13.0. The number of amides is 1. The number of benzene rings is 2. The highest BCUT2D eigenvalue weighted by Gasteiger charge is 2.46. The maximum Gasteiger partial charge on any atom is 0.253 e. The van der Waals surface area contributed by atoms with Gasteiger partial charge in [-0.25, -0.2) is 8.42 Å². The van der Waals surface area contributed by atoms with Crippen LogP contribution in [0.15, 0.2) is 36.4 Å². The van der Waals surface area contributed by atoms with Crippen molar-refractivity contribution in [2.75, 3.05) is 18.8 Å². The zero-order valence-electron chi connectivity index (χ0n) is 17.2. The highest BCUT2D eigenvalue weighted by atomic mass is 35.5. The average Bonchev–Trinajstić information content (AvgIpc) is 3.45. The van der Waals surface area contributed by atoms with Gasteiger partial charge in [-0.15, -0.1) is 0 Å². The zero-order chi connectivity index (χ0) is 22.5. The van der Waals surface area contributed by atoms with Crippen molar-refractivity contribution in [3.8, 4) is 0 Å². The molecule has 1 amide bonds. The number of carbonyl (C=O) groups excluding carboxylic acids is 1. The van der Waals surface area contributed by atoms with E-state index in [1.54, 1.807) is 36.4 Å². The molecular weight excluding hydrogens is 471 g/mol. The molecule has 1 aliphatic heterocycles. The van der Waals surface area contributed by atoms with E-state index in [2.05, 4.69) is 15.4 Å². The first-order valence-electron chi connectivity index (χ1n) is 10.5. The number of sulfone groups is 1. The van der Waals surface area contributed by atoms with E-state index in [1.807, 2.05) is 4.90 Å². The second kappa shape index (κ2) is 8.32. The van der Waals surface area contributed by atoms with Gasteiger partial charge in [-0.2, -0.15) is 15.4 Å². The number of aryl methyl sites for hydroxylation is 1. The Morgan fingerprint density at radius 3 is 2.34 bits per heavy atom. The van der Waals surface area contributed by atoms with Crippen LogP contribution in [0.5, 0.6) is 0 Å². The molecule has 0 radical (unpaired) electrons. The largest absolute Gasteiger partial charge is 0.338 e. The van der Waals surface area contributed by atoms with Crippen LogP contribution in [0.1, 0.15) is 28.8 Å². The van der Waals surface area contributed by atoms with Gasteiger partial charge >= 0.3 is 0 Å². The Kier molecular flexibility index (Phi) is 5.63. The average molecular weight is 493 g/mol. The molecule has 2 fully saturated rings. The number of nitrogens with zero attached hydrogens (tertiary/aromatic N) is 3. The van der Waals surface area contributed by atoms with Crippen LogP contribution < -0.4 is 0 Å². The molecule has 2 aromatic carbocycles. The molecule has 7 nitrogen and oxygen atoms in total. The summed E-state index contributed by atoms with van der Waals surface area (Å²) in [5.41, 5.74) is 2.77. The zero-order valence-corrected chi connectivity index (χ0v) is 19.5. The Labute approximate surface area is 196 Å². The van der Waals surface area contributed by atoms with Crippen LogP contribution in [-0.4, -0.2) is 58.7 Å². The van der Waals surface area contributed by atoms with Gasteiger partial charge in [0.15, 0.2) is 9.84 Å². The Morgan fingerprint density at radius 2 is 1.66 bits per heavy atom. The molecule has 2 heterocycles. The number of halogens is 2. The van der Waals surface area contributed by atoms with E-state index in [9.17, 15) is 13.2 Å². The number of carbonyl (C=O) groups is 1. The number of aromatic nitrogens is 3. The van der Waals surface area contributed by atoms with Crippen molar-refractivity contribution in [3.05, 3.63) is 57.6 Å². The third-order valence-electron chi connectivity index (χ3n) is 6.66. The second-order valence-electron chi connectivity index (χ2n) is 8.75. The van der Waals surface area contributed by atoms with E-state index in [-0.39, 0.29) is 28.7 Å². The van der Waals surface area contributed by atoms with E-state index in [1.165, 1.54) is 0 Å². The summed E-state index contributed by atoms with van der Waals surface area (Å²) in [6.07, 6.45) is 1.61. The van der Waals surface area contributed by atoms with Crippen LogP contribution >= 0.6 is 23.2 Å². The molecule has 3 aromatic rings. The quantitative estimate of drug-likeness (QED) is 0.584. The fraction of sp³-hybridized carbons (Fsp3) is 0.409. The monoisotopic (exact) mass is 492 g/mol. The third kappa shape index (κ3) is 4.23. The number of hydrogen-bond donors (Lipinski definition) is 1. The highest BCUT2D eigenvalue weighted by Crippen LogP contribution is 2.41. The summed E-state index contributed by atoms with van der Waals surface area (Å²) in [6.45, 7) is 1.19. The fourth-order valence-corrected chi connectivity index (χ4v) is 7.55. The van der Waals surface area contributed by atoms with Crippen LogP contribution in [0, 0.1) is 11.8 Å². The predicted molar refractivity (Wildman–Crippen MR) is 124 cm³/mol. The molecule has 10 heteroatoms. The van der Waals surface area contributed by atoms with E-state index in [4.69, 9.17) is 23.2 Å². The third-order valence-corrected chi connectivity index (χ3v) is 9.27. The van der Waals surface area contributed by atoms with Gasteiger partial charge in [0.05, 0.1) is 11.0 Å². The lowest BCUT2D eigenvalue weighted by atomic mass is 10.0. The van der Waals surface area contributed by atoms with Crippen molar-refractivity contribution < 1.29 is 13.2 Å². The van der Waals surface area contributed by atoms with E-state index >= 15 is 0 Å². The van der Waals surface area contributed by atoms with E-state index in [0.717, 1.165) is 5.56 Å². The van der Waals surface area contributed by atoms with Gasteiger partial charge in [-0.1, -0.05) is 23.2 Å². The highest BCUT2D eigenvalue weighted by molar-refractivity contribution is 7.92. The number of nitrogens with one attached hydrogen (secondary N) is 1. The number of likely N-dealkylation sites (tertiary alicyclic amines) is 1. The molecule has 1 aliphatic carbocycles. The van der Waals surface area contributed by atoms with E-state index in [0.29, 0.717) is 59.0 Å². The standard InChI is InChI=1S/C22H22Cl2N4O3S/c23-17-5-13(6-18(24)10-17)3-4-32(30,31)19-7-15-11-28(12-16(15)8-19)22(29)14-1-2-20-21(9-14)26-27-25-20/h1-2,5-6,9-10,15-16,19H,3-4,7-8,11-12H2,(H,25,26,27)/t15-,16+,19?. The van der Waals surface area contributed by atoms with Crippen LogP contribution in [-0.2, 0) is 16.3 Å². The first-order chi connectivity index (χ1) is 15.3. The molecular formula is C22H22Cl2N4O3S. The van der Waals surface area contributed by atoms with Gasteiger partial charge in [0.25, 0.3) is 5.91 Å². The Balaban J connectivity index is 1.20. The summed E-state index contributed by atoms with van der Waals surface area (Å²) in [5, 5.41) is 11.3. The first kappa shape index (κ1) is 21.7. The molecule has 1 saturated carbocycles. The minimum Gasteiger partial charge on any atom is -0.338 e. The molecule has 0 spiro atoms. The minimum absolute atomic E-state index is 0.0402. The number of hydrogen-bond acceptors (Lipinski definition) is 5. The summed E-state index contributed by atoms with van der Waals surface area (Å²) in [6, 6.07) is 10.4. The van der Waals surface area contributed by atoms with Crippen molar-refractivity contribution in [3.63, 3.8) is 0 Å². The van der Waals surface area contributed by atoms with Crippen LogP contribution in [0.3, 0.4) is 0 Å².